The minimum absolute atomic E-state index is 0.0548. The Balaban J connectivity index is 1.72. The Hall–Kier alpha value is -3.20. The Morgan fingerprint density at radius 2 is 1.74 bits per heavy atom. The van der Waals surface area contributed by atoms with E-state index in [9.17, 15) is 14.0 Å². The van der Waals surface area contributed by atoms with Gasteiger partial charge in [0.25, 0.3) is 5.91 Å². The summed E-state index contributed by atoms with van der Waals surface area (Å²) in [5, 5.41) is 2.99. The Morgan fingerprint density at radius 3 is 2.37 bits per heavy atom. The van der Waals surface area contributed by atoms with Gasteiger partial charge in [0.15, 0.2) is 0 Å². The second kappa shape index (κ2) is 11.0. The molecule has 184 valence electrons. The average molecular weight is 521 g/mol. The lowest BCUT2D eigenvalue weighted by Crippen LogP contribution is -2.27. The molecule has 0 aliphatic rings. The minimum Gasteiger partial charge on any atom is -0.438 e. The summed E-state index contributed by atoms with van der Waals surface area (Å²) < 4.78 is 19.4. The van der Waals surface area contributed by atoms with Crippen molar-refractivity contribution in [2.75, 3.05) is 0 Å². The van der Waals surface area contributed by atoms with Crippen LogP contribution in [0, 0.1) is 5.82 Å². The number of benzene rings is 2. The number of carbonyl (C=O) groups excluding carboxylic acids is 2. The summed E-state index contributed by atoms with van der Waals surface area (Å²) in [7, 11) is 0. The lowest BCUT2D eigenvalue weighted by atomic mass is 10.1. The largest absolute Gasteiger partial charge is 0.438 e. The normalized spacial score (nSPS) is 12.1. The van der Waals surface area contributed by atoms with E-state index in [4.69, 9.17) is 37.7 Å². The number of rotatable bonds is 7. The van der Waals surface area contributed by atoms with Crippen molar-refractivity contribution in [1.29, 1.82) is 0 Å². The molecule has 0 fully saturated rings. The van der Waals surface area contributed by atoms with E-state index in [1.54, 1.807) is 52.0 Å². The summed E-state index contributed by atoms with van der Waals surface area (Å²) in [6.07, 6.45) is 1.31. The van der Waals surface area contributed by atoms with Gasteiger partial charge in [0.2, 0.25) is 5.88 Å². The zero-order valence-corrected chi connectivity index (χ0v) is 20.9. The third-order valence-electron chi connectivity index (χ3n) is 4.53. The van der Waals surface area contributed by atoms with Crippen LogP contribution in [-0.4, -0.2) is 22.5 Å². The Morgan fingerprint density at radius 1 is 1.06 bits per heavy atom. The van der Waals surface area contributed by atoms with Crippen molar-refractivity contribution in [3.8, 4) is 11.6 Å². The van der Waals surface area contributed by atoms with Gasteiger partial charge in [-0.3, -0.25) is 9.68 Å². The first-order valence-corrected chi connectivity index (χ1v) is 11.3. The first-order chi connectivity index (χ1) is 16.4. The van der Waals surface area contributed by atoms with Crippen LogP contribution in [0.15, 0.2) is 54.7 Å². The van der Waals surface area contributed by atoms with E-state index in [1.807, 2.05) is 0 Å². The van der Waals surface area contributed by atoms with E-state index < -0.39 is 29.3 Å². The Bertz CT molecular complexity index is 1230. The maximum atomic E-state index is 13.8. The van der Waals surface area contributed by atoms with Crippen LogP contribution in [0.2, 0.25) is 10.0 Å². The Labute approximate surface area is 212 Å². The predicted molar refractivity (Wildman–Crippen MR) is 129 cm³/mol. The predicted octanol–water partition coefficient (Wildman–Crippen LogP) is 6.70. The highest BCUT2D eigenvalue weighted by atomic mass is 35.5. The molecule has 0 saturated carbocycles. The van der Waals surface area contributed by atoms with Gasteiger partial charge >= 0.3 is 5.97 Å². The number of nitrogens with zero attached hydrogens (tertiary/aromatic N) is 1. The van der Waals surface area contributed by atoms with Gasteiger partial charge in [-0.05, 0) is 63.6 Å². The maximum absolute atomic E-state index is 13.8. The number of ether oxygens (including phenoxy) is 1. The molecule has 3 rings (SSSR count). The van der Waals surface area contributed by atoms with Gasteiger partial charge in [0, 0.05) is 12.3 Å². The zero-order chi connectivity index (χ0) is 25.8. The molecule has 1 heterocycles. The fraction of sp³-hybridized carbons (Fsp3) is 0.240. The topological polar surface area (TPSA) is 86.8 Å². The summed E-state index contributed by atoms with van der Waals surface area (Å²) in [4.78, 5) is 39.0. The molecule has 0 radical (unpaired) electrons. The molecular weight excluding hydrogens is 498 g/mol. The quantitative estimate of drug-likeness (QED) is 0.275. The summed E-state index contributed by atoms with van der Waals surface area (Å²) >= 11 is 11.7. The number of amides is 1. The molecule has 0 spiro atoms. The van der Waals surface area contributed by atoms with Gasteiger partial charge in [0.05, 0.1) is 21.7 Å². The van der Waals surface area contributed by atoms with Crippen molar-refractivity contribution in [1.82, 2.24) is 10.3 Å². The van der Waals surface area contributed by atoms with Crippen LogP contribution >= 0.6 is 23.2 Å². The number of hydrogen-bond donors (Lipinski definition) is 1. The molecule has 0 bridgehead atoms. The average Bonchev–Trinajstić information content (AvgIpc) is 2.80. The summed E-state index contributed by atoms with van der Waals surface area (Å²) in [6.45, 7) is 7.04. The number of carbonyl (C=O) groups is 2. The summed E-state index contributed by atoms with van der Waals surface area (Å²) in [5.41, 5.74) is 0.443. The molecule has 1 aromatic heterocycles. The van der Waals surface area contributed by atoms with Gasteiger partial charge in [-0.2, -0.15) is 4.89 Å². The fourth-order valence-corrected chi connectivity index (χ4v) is 3.07. The lowest BCUT2D eigenvalue weighted by molar-refractivity contribution is -0.301. The highest BCUT2D eigenvalue weighted by Crippen LogP contribution is 2.28. The second-order valence-corrected chi connectivity index (χ2v) is 9.41. The van der Waals surface area contributed by atoms with E-state index in [2.05, 4.69) is 10.3 Å². The van der Waals surface area contributed by atoms with Gasteiger partial charge in [-0.1, -0.05) is 35.3 Å². The van der Waals surface area contributed by atoms with Crippen molar-refractivity contribution in [2.45, 2.75) is 39.3 Å². The van der Waals surface area contributed by atoms with E-state index in [0.717, 1.165) is 11.6 Å². The smallest absolute Gasteiger partial charge is 0.373 e. The molecule has 0 aliphatic heterocycles. The number of nitrogens with one attached hydrogen (secondary N) is 1. The van der Waals surface area contributed by atoms with E-state index in [0.29, 0.717) is 5.56 Å². The Kier molecular flexibility index (Phi) is 8.32. The molecule has 7 nitrogen and oxygen atoms in total. The van der Waals surface area contributed by atoms with Crippen molar-refractivity contribution in [3.05, 3.63) is 87.3 Å². The van der Waals surface area contributed by atoms with E-state index >= 15 is 0 Å². The molecule has 0 aliphatic carbocycles. The first kappa shape index (κ1) is 26.4. The van der Waals surface area contributed by atoms with Gasteiger partial charge in [-0.15, -0.1) is 0 Å². The second-order valence-electron chi connectivity index (χ2n) is 8.57. The van der Waals surface area contributed by atoms with Gasteiger partial charge in [0.1, 0.15) is 22.7 Å². The SMILES string of the molecule is C[C@H](NC(=O)c1cc(Cl)cnc1Oc1ccc(Cl)c(F)c1)c1ccc(C(=O)OOC(C)(C)C)cc1. The molecule has 10 heteroatoms. The standard InChI is InChI=1S/C25H23Cl2FN2O5/c1-14(15-5-7-16(8-6-15)24(32)34-35-25(2,3)4)30-22(31)19-11-17(26)13-29-23(19)33-18-9-10-20(27)21(28)12-18/h5-14H,1-4H3,(H,30,31)/t14-/m0/s1. The van der Waals surface area contributed by atoms with Crippen molar-refractivity contribution >= 4 is 35.1 Å². The van der Waals surface area contributed by atoms with Crippen LogP contribution in [0.3, 0.4) is 0 Å². The van der Waals surface area contributed by atoms with Gasteiger partial charge < -0.3 is 10.1 Å². The minimum atomic E-state index is -0.671. The van der Waals surface area contributed by atoms with E-state index in [1.165, 1.54) is 24.4 Å². The number of aromatic nitrogens is 1. The van der Waals surface area contributed by atoms with Crippen LogP contribution in [0.1, 0.15) is 60.0 Å². The lowest BCUT2D eigenvalue weighted by Gasteiger charge is -2.17. The molecule has 1 amide bonds. The molecule has 1 atom stereocenters. The van der Waals surface area contributed by atoms with Crippen LogP contribution in [0.25, 0.3) is 0 Å². The first-order valence-electron chi connectivity index (χ1n) is 10.5. The van der Waals surface area contributed by atoms with Crippen LogP contribution in [-0.2, 0) is 9.78 Å². The number of pyridine rings is 1. The molecule has 0 saturated heterocycles. The fourth-order valence-electron chi connectivity index (χ4n) is 2.80. The van der Waals surface area contributed by atoms with Crippen molar-refractivity contribution < 1.29 is 28.5 Å². The molecule has 2 aromatic carbocycles. The van der Waals surface area contributed by atoms with Crippen molar-refractivity contribution in [3.63, 3.8) is 0 Å². The summed E-state index contributed by atoms with van der Waals surface area (Å²) in [5.74, 6) is -1.76. The molecule has 0 unspecified atom stereocenters. The third kappa shape index (κ3) is 7.39. The zero-order valence-electron chi connectivity index (χ0n) is 19.4. The maximum Gasteiger partial charge on any atom is 0.373 e. The number of hydrogen-bond acceptors (Lipinski definition) is 6. The highest BCUT2D eigenvalue weighted by Gasteiger charge is 2.20. The van der Waals surface area contributed by atoms with Crippen molar-refractivity contribution in [2.24, 2.45) is 0 Å². The van der Waals surface area contributed by atoms with Crippen LogP contribution in [0.5, 0.6) is 11.6 Å². The van der Waals surface area contributed by atoms with Crippen LogP contribution < -0.4 is 10.1 Å². The van der Waals surface area contributed by atoms with E-state index in [-0.39, 0.29) is 27.2 Å². The molecule has 3 aromatic rings. The van der Waals surface area contributed by atoms with Gasteiger partial charge in [-0.25, -0.2) is 14.2 Å². The van der Waals surface area contributed by atoms with Crippen LogP contribution in [0.4, 0.5) is 4.39 Å². The monoisotopic (exact) mass is 520 g/mol. The molecule has 1 N–H and O–H groups in total. The summed E-state index contributed by atoms with van der Waals surface area (Å²) in [6, 6.07) is 11.3. The highest BCUT2D eigenvalue weighted by molar-refractivity contribution is 6.31. The molecule has 35 heavy (non-hydrogen) atoms. The molecular formula is C25H23Cl2FN2O5. The third-order valence-corrected chi connectivity index (χ3v) is 5.04. The number of halogens is 3.